The lowest BCUT2D eigenvalue weighted by Crippen LogP contribution is -2.61. The molecule has 29 heavy (non-hydrogen) atoms. The van der Waals surface area contributed by atoms with Gasteiger partial charge < -0.3 is 54.7 Å². The highest BCUT2D eigenvalue weighted by atomic mass is 16.7. The molecule has 12 nitrogen and oxygen atoms in total. The van der Waals surface area contributed by atoms with E-state index in [0.717, 1.165) is 0 Å². The number of carbonyl (C=O) groups is 1. The highest BCUT2D eigenvalue weighted by Gasteiger charge is 2.48. The molecule has 0 bridgehead atoms. The van der Waals surface area contributed by atoms with E-state index in [4.69, 9.17) is 18.9 Å². The van der Waals surface area contributed by atoms with E-state index >= 15 is 0 Å². The predicted octanol–water partition coefficient (Wildman–Crippen LogP) is -3.80. The molecular weight excluding hydrogens is 396 g/mol. The molecule has 0 spiro atoms. The zero-order chi connectivity index (χ0) is 21.9. The van der Waals surface area contributed by atoms with E-state index in [1.165, 1.54) is 0 Å². The maximum atomic E-state index is 11.8. The fourth-order valence-electron chi connectivity index (χ4n) is 3.06. The Bertz CT molecular complexity index is 529. The molecular formula is C17H30O12. The van der Waals surface area contributed by atoms with Crippen molar-refractivity contribution in [2.45, 2.75) is 81.7 Å². The summed E-state index contributed by atoms with van der Waals surface area (Å²) in [5.41, 5.74) is 0. The second kappa shape index (κ2) is 10.4. The number of esters is 1. The molecule has 2 saturated heterocycles. The van der Waals surface area contributed by atoms with Crippen LogP contribution in [-0.4, -0.2) is 116 Å². The Kier molecular flexibility index (Phi) is 8.72. The van der Waals surface area contributed by atoms with Crippen LogP contribution >= 0.6 is 0 Å². The molecule has 2 aliphatic heterocycles. The van der Waals surface area contributed by atoms with Crippen LogP contribution in [0.1, 0.15) is 20.3 Å². The van der Waals surface area contributed by atoms with E-state index in [1.807, 2.05) is 0 Å². The number of rotatable bonds is 7. The van der Waals surface area contributed by atoms with Crippen molar-refractivity contribution in [3.05, 3.63) is 0 Å². The van der Waals surface area contributed by atoms with Gasteiger partial charge in [0.25, 0.3) is 0 Å². The summed E-state index contributed by atoms with van der Waals surface area (Å²) in [5.74, 6) is -0.676. The molecule has 0 amide bonds. The van der Waals surface area contributed by atoms with Crippen molar-refractivity contribution in [1.29, 1.82) is 0 Å². The lowest BCUT2D eigenvalue weighted by atomic mass is 9.98. The van der Waals surface area contributed by atoms with Gasteiger partial charge in [-0.3, -0.25) is 4.79 Å². The van der Waals surface area contributed by atoms with Crippen LogP contribution in [0.15, 0.2) is 0 Å². The van der Waals surface area contributed by atoms with Gasteiger partial charge in [-0.15, -0.1) is 0 Å². The van der Waals surface area contributed by atoms with Gasteiger partial charge in [-0.05, 0) is 5.92 Å². The van der Waals surface area contributed by atoms with Gasteiger partial charge in [0.05, 0.1) is 13.2 Å². The number of aliphatic hydroxyl groups excluding tert-OH is 7. The van der Waals surface area contributed by atoms with Crippen LogP contribution in [0.25, 0.3) is 0 Å². The van der Waals surface area contributed by atoms with E-state index in [0.29, 0.717) is 0 Å². The Morgan fingerprint density at radius 2 is 1.34 bits per heavy atom. The van der Waals surface area contributed by atoms with Crippen LogP contribution in [0.2, 0.25) is 0 Å². The summed E-state index contributed by atoms with van der Waals surface area (Å²) < 4.78 is 20.8. The summed E-state index contributed by atoms with van der Waals surface area (Å²) in [7, 11) is 0. The fraction of sp³-hybridized carbons (Fsp3) is 0.941. The van der Waals surface area contributed by atoms with Crippen LogP contribution in [0.4, 0.5) is 0 Å². The van der Waals surface area contributed by atoms with Gasteiger partial charge in [-0.2, -0.15) is 0 Å². The lowest BCUT2D eigenvalue weighted by molar-refractivity contribution is -0.327. The quantitative estimate of drug-likeness (QED) is 0.196. The standard InChI is InChI=1S/C17H30O12/c1-6(2)3-9(19)29-17-15(25)13(23)11(21)8(28-17)5-26-16-14(24)12(22)10(20)7(4-18)27-16/h6-8,10-18,20-25H,3-5H2,1-2H3/t7-,8-,10-,11-,12+,13+,14-,15-,16-,17+/m1/s1. The SMILES string of the molecule is CC(C)CC(=O)O[C@@H]1O[C@H](CO[C@@H]2O[C@H](CO)[C@@H](O)[C@H](O)[C@H]2O)[C@@H](O)[C@H](O)[C@H]1O. The molecule has 0 radical (unpaired) electrons. The highest BCUT2D eigenvalue weighted by Crippen LogP contribution is 2.26. The first-order valence-corrected chi connectivity index (χ1v) is 9.38. The zero-order valence-corrected chi connectivity index (χ0v) is 16.1. The number of hydrogen-bond acceptors (Lipinski definition) is 12. The minimum atomic E-state index is -1.70. The van der Waals surface area contributed by atoms with Crippen LogP contribution in [0.3, 0.4) is 0 Å². The van der Waals surface area contributed by atoms with Crippen LogP contribution < -0.4 is 0 Å². The van der Waals surface area contributed by atoms with Crippen LogP contribution in [0, 0.1) is 5.92 Å². The van der Waals surface area contributed by atoms with Gasteiger partial charge in [0.2, 0.25) is 6.29 Å². The Balaban J connectivity index is 1.98. The molecule has 2 aliphatic rings. The van der Waals surface area contributed by atoms with Crippen LogP contribution in [-0.2, 0) is 23.7 Å². The van der Waals surface area contributed by atoms with Gasteiger partial charge in [-0.25, -0.2) is 0 Å². The fourth-order valence-corrected chi connectivity index (χ4v) is 3.06. The Morgan fingerprint density at radius 3 is 1.90 bits per heavy atom. The Morgan fingerprint density at radius 1 is 0.828 bits per heavy atom. The van der Waals surface area contributed by atoms with Crippen molar-refractivity contribution in [2.75, 3.05) is 13.2 Å². The van der Waals surface area contributed by atoms with E-state index in [-0.39, 0.29) is 12.3 Å². The first-order valence-electron chi connectivity index (χ1n) is 9.38. The van der Waals surface area contributed by atoms with Gasteiger partial charge in [-0.1, -0.05) is 13.8 Å². The molecule has 10 atom stereocenters. The second-order valence-electron chi connectivity index (χ2n) is 7.63. The average Bonchev–Trinajstić information content (AvgIpc) is 2.66. The molecule has 0 aromatic carbocycles. The molecule has 0 unspecified atom stereocenters. The third-order valence-electron chi connectivity index (χ3n) is 4.76. The molecule has 7 N–H and O–H groups in total. The van der Waals surface area contributed by atoms with E-state index in [1.54, 1.807) is 13.8 Å². The average molecular weight is 426 g/mol. The molecule has 0 saturated carbocycles. The molecule has 0 aromatic heterocycles. The largest absolute Gasteiger partial charge is 0.433 e. The molecule has 2 heterocycles. The summed E-state index contributed by atoms with van der Waals surface area (Å²) in [6, 6.07) is 0. The second-order valence-corrected chi connectivity index (χ2v) is 7.63. The van der Waals surface area contributed by atoms with Crippen molar-refractivity contribution in [2.24, 2.45) is 5.92 Å². The highest BCUT2D eigenvalue weighted by molar-refractivity contribution is 5.69. The monoisotopic (exact) mass is 426 g/mol. The minimum Gasteiger partial charge on any atom is -0.433 e. The summed E-state index contributed by atoms with van der Waals surface area (Å²) >= 11 is 0. The number of ether oxygens (including phenoxy) is 4. The van der Waals surface area contributed by atoms with Gasteiger partial charge in [0.1, 0.15) is 48.8 Å². The molecule has 12 heteroatoms. The Hall–Kier alpha value is -0.930. The summed E-state index contributed by atoms with van der Waals surface area (Å²) in [6.45, 7) is 2.43. The molecule has 0 aromatic rings. The van der Waals surface area contributed by atoms with E-state index < -0.39 is 80.6 Å². The van der Waals surface area contributed by atoms with E-state index in [2.05, 4.69) is 0 Å². The first-order chi connectivity index (χ1) is 13.6. The Labute approximate surface area is 167 Å². The number of aliphatic hydroxyl groups is 7. The topological polar surface area (TPSA) is 196 Å². The van der Waals surface area contributed by atoms with Crippen LogP contribution in [0.5, 0.6) is 0 Å². The third kappa shape index (κ3) is 5.82. The molecule has 0 aliphatic carbocycles. The number of carbonyl (C=O) groups excluding carboxylic acids is 1. The maximum Gasteiger partial charge on any atom is 0.308 e. The van der Waals surface area contributed by atoms with Crippen molar-refractivity contribution in [3.63, 3.8) is 0 Å². The van der Waals surface area contributed by atoms with E-state index in [9.17, 15) is 40.5 Å². The van der Waals surface area contributed by atoms with Crippen molar-refractivity contribution in [1.82, 2.24) is 0 Å². The summed E-state index contributed by atoms with van der Waals surface area (Å²) in [5, 5.41) is 68.8. The van der Waals surface area contributed by atoms with Gasteiger partial charge >= 0.3 is 5.97 Å². The van der Waals surface area contributed by atoms with Gasteiger partial charge in [0.15, 0.2) is 6.29 Å². The molecule has 170 valence electrons. The minimum absolute atomic E-state index is 0.0101. The normalized spacial score (nSPS) is 43.4. The third-order valence-corrected chi connectivity index (χ3v) is 4.76. The predicted molar refractivity (Wildman–Crippen MR) is 91.9 cm³/mol. The summed E-state index contributed by atoms with van der Waals surface area (Å²) in [4.78, 5) is 11.8. The van der Waals surface area contributed by atoms with Crippen molar-refractivity contribution < 1.29 is 59.5 Å². The first kappa shape index (κ1) is 24.3. The maximum absolute atomic E-state index is 11.8. The zero-order valence-electron chi connectivity index (χ0n) is 16.1. The molecule has 2 fully saturated rings. The molecule has 2 rings (SSSR count). The lowest BCUT2D eigenvalue weighted by Gasteiger charge is -2.42. The van der Waals surface area contributed by atoms with Crippen molar-refractivity contribution in [3.8, 4) is 0 Å². The smallest absolute Gasteiger partial charge is 0.308 e. The summed E-state index contributed by atoms with van der Waals surface area (Å²) in [6.07, 6.45) is -15.3. The van der Waals surface area contributed by atoms with Crippen molar-refractivity contribution >= 4 is 5.97 Å². The number of hydrogen-bond donors (Lipinski definition) is 7. The van der Waals surface area contributed by atoms with Gasteiger partial charge in [0, 0.05) is 6.42 Å².